The number of amides is 4. The summed E-state index contributed by atoms with van der Waals surface area (Å²) in [5.74, 6) is -2.37. The fourth-order valence-electron chi connectivity index (χ4n) is 6.35. The molecule has 288 valence electrons. The predicted molar refractivity (Wildman–Crippen MR) is 210 cm³/mol. The largest absolute Gasteiger partial charge is 0.474 e. The van der Waals surface area contributed by atoms with E-state index in [0.29, 0.717) is 22.9 Å². The molecule has 0 aliphatic carbocycles. The number of ketones is 1. The maximum Gasteiger partial charge on any atom is 0.271 e. The van der Waals surface area contributed by atoms with Crippen molar-refractivity contribution in [3.63, 3.8) is 0 Å². The summed E-state index contributed by atoms with van der Waals surface area (Å²) in [4.78, 5) is 83.0. The number of aliphatic imine (C=N–C) groups is 1. The van der Waals surface area contributed by atoms with Crippen molar-refractivity contribution in [3.05, 3.63) is 68.1 Å². The van der Waals surface area contributed by atoms with Crippen LogP contribution in [0.15, 0.2) is 46.1 Å². The summed E-state index contributed by atoms with van der Waals surface area (Å²) in [6, 6.07) is 4.92. The lowest BCUT2D eigenvalue weighted by Crippen LogP contribution is -2.55. The van der Waals surface area contributed by atoms with Crippen LogP contribution in [0.25, 0.3) is 0 Å². The van der Waals surface area contributed by atoms with Gasteiger partial charge in [0.25, 0.3) is 11.8 Å². The topological polar surface area (TPSA) is 201 Å². The Morgan fingerprint density at radius 1 is 0.833 bits per heavy atom. The fourth-order valence-corrected chi connectivity index (χ4v) is 10.4. The van der Waals surface area contributed by atoms with Crippen molar-refractivity contribution < 1.29 is 33.8 Å². The lowest BCUT2D eigenvalue weighted by molar-refractivity contribution is -0.131. The molecule has 8 atom stereocenters. The molecule has 0 radical (unpaired) electrons. The van der Waals surface area contributed by atoms with Crippen molar-refractivity contribution in [1.82, 2.24) is 31.2 Å². The minimum atomic E-state index is -1.28. The van der Waals surface area contributed by atoms with Crippen LogP contribution in [0.5, 0.6) is 0 Å². The number of benzene rings is 1. The maximum atomic E-state index is 14.0. The van der Waals surface area contributed by atoms with Gasteiger partial charge in [-0.15, -0.1) is 22.7 Å². The SMILES string of the molecule is CC(C)C[C@H]1NC(=O)C2N=C(O[C@@H]2C)C2CSSC[C@H](NC(=O)c3csc1n3)C(=O)N[C@@H]([C@H](C)O)C(=O)C[C@H](Cc1ccccc1)c1nc(cs1)C(=O)N2. The van der Waals surface area contributed by atoms with Gasteiger partial charge in [0.1, 0.15) is 40.6 Å². The first kappa shape index (κ1) is 39.8. The van der Waals surface area contributed by atoms with E-state index in [4.69, 9.17) is 4.74 Å². The molecule has 1 aromatic carbocycles. The summed E-state index contributed by atoms with van der Waals surface area (Å²) < 4.78 is 6.15. The van der Waals surface area contributed by atoms with Crippen LogP contribution in [-0.4, -0.2) is 98.3 Å². The highest BCUT2D eigenvalue weighted by atomic mass is 33.1. The first-order valence-electron chi connectivity index (χ1n) is 17.7. The molecule has 4 amide bonds. The number of fused-ring (bicyclic) bond motifs is 11. The van der Waals surface area contributed by atoms with Gasteiger partial charge in [-0.05, 0) is 38.2 Å². The van der Waals surface area contributed by atoms with Gasteiger partial charge in [0.05, 0.1) is 17.2 Å². The molecule has 3 aromatic rings. The summed E-state index contributed by atoms with van der Waals surface area (Å²) in [7, 11) is 2.56. The zero-order chi connectivity index (χ0) is 38.5. The number of carbonyl (C=O) groups is 5. The molecule has 54 heavy (non-hydrogen) atoms. The number of hydrogen-bond donors (Lipinski definition) is 5. The monoisotopic (exact) mass is 813 g/mol. The van der Waals surface area contributed by atoms with Gasteiger partial charge >= 0.3 is 0 Å². The highest BCUT2D eigenvalue weighted by Gasteiger charge is 2.39. The van der Waals surface area contributed by atoms with E-state index in [-0.39, 0.29) is 47.0 Å². The lowest BCUT2D eigenvalue weighted by Gasteiger charge is -2.25. The molecular formula is C36H43N7O7S4. The Hall–Kier alpha value is -3.84. The Kier molecular flexibility index (Phi) is 13.1. The number of ether oxygens (including phenoxy) is 1. The number of rotatable bonds is 5. The molecule has 0 fully saturated rings. The number of thiazole rings is 2. The summed E-state index contributed by atoms with van der Waals surface area (Å²) in [6.07, 6.45) is -1.02. The van der Waals surface area contributed by atoms with Gasteiger partial charge in [0.15, 0.2) is 11.8 Å². The van der Waals surface area contributed by atoms with Crippen LogP contribution in [0.4, 0.5) is 0 Å². The smallest absolute Gasteiger partial charge is 0.271 e. The van der Waals surface area contributed by atoms with Crippen LogP contribution in [0.3, 0.4) is 0 Å². The number of Topliss-reactive ketones (excluding diaryl/α,β-unsaturated/α-hetero) is 1. The van der Waals surface area contributed by atoms with Gasteiger partial charge in [-0.1, -0.05) is 65.8 Å². The van der Waals surface area contributed by atoms with Crippen molar-refractivity contribution in [2.45, 2.75) is 95.3 Å². The molecule has 8 bridgehead atoms. The first-order chi connectivity index (χ1) is 25.9. The standard InChI is InChI=1S/C36H43N7O7S4/c1-17(2)10-22-36-41-24(14-52-36)30(46)38-25-15-53-54-16-26(34-43-29(19(4)50-34)33(49)37-22)39-31(47)23-13-51-35(40-23)21(11-20-8-6-5-7-9-20)12-27(45)28(18(3)44)42-32(25)48/h5-9,13-14,17-19,21-22,25-26,28-29,44H,10-12,15-16H2,1-4H3,(H,37,49)(H,38,46)(H,39,47)(H,42,48)/t18-,19+,21-,22+,25-,26?,28-,29?/m0/s1. The average Bonchev–Trinajstić information content (AvgIpc) is 3.90. The van der Waals surface area contributed by atoms with E-state index in [1.807, 2.05) is 44.2 Å². The second-order valence-electron chi connectivity index (χ2n) is 14.0. The van der Waals surface area contributed by atoms with Crippen molar-refractivity contribution in [3.8, 4) is 0 Å². The van der Waals surface area contributed by atoms with Crippen molar-refractivity contribution in [2.75, 3.05) is 11.5 Å². The minimum Gasteiger partial charge on any atom is -0.474 e. The molecule has 2 unspecified atom stereocenters. The Balaban J connectivity index is 1.41. The van der Waals surface area contributed by atoms with Gasteiger partial charge in [-0.3, -0.25) is 24.0 Å². The molecule has 0 saturated carbocycles. The number of hydrogen-bond acceptors (Lipinski definition) is 14. The maximum absolute atomic E-state index is 14.0. The van der Waals surface area contributed by atoms with Crippen LogP contribution < -0.4 is 21.3 Å². The van der Waals surface area contributed by atoms with Gasteiger partial charge < -0.3 is 31.1 Å². The van der Waals surface area contributed by atoms with E-state index in [2.05, 4.69) is 36.2 Å². The van der Waals surface area contributed by atoms with Gasteiger partial charge in [-0.2, -0.15) is 0 Å². The Labute approximate surface area is 328 Å². The number of aliphatic hydroxyl groups is 1. The minimum absolute atomic E-state index is 0.0642. The summed E-state index contributed by atoms with van der Waals surface area (Å²) >= 11 is 2.46. The van der Waals surface area contributed by atoms with Gasteiger partial charge in [0, 0.05) is 34.6 Å². The van der Waals surface area contributed by atoms with E-state index < -0.39 is 71.8 Å². The van der Waals surface area contributed by atoms with E-state index >= 15 is 0 Å². The summed E-state index contributed by atoms with van der Waals surface area (Å²) in [5, 5.41) is 26.6. The summed E-state index contributed by atoms with van der Waals surface area (Å²) in [5.41, 5.74) is 1.16. The number of nitrogens with zero attached hydrogens (tertiary/aromatic N) is 3. The summed E-state index contributed by atoms with van der Waals surface area (Å²) in [6.45, 7) is 7.20. The first-order valence-corrected chi connectivity index (χ1v) is 22.0. The van der Waals surface area contributed by atoms with Crippen LogP contribution in [0, 0.1) is 5.92 Å². The number of carbonyl (C=O) groups excluding carboxylic acids is 5. The van der Waals surface area contributed by atoms with E-state index in [1.165, 1.54) is 51.2 Å². The average molecular weight is 814 g/mol. The van der Waals surface area contributed by atoms with Crippen LogP contribution in [0.2, 0.25) is 0 Å². The lowest BCUT2D eigenvalue weighted by atomic mass is 9.91. The van der Waals surface area contributed by atoms with Crippen molar-refractivity contribution >= 4 is 79.6 Å². The van der Waals surface area contributed by atoms with E-state index in [1.54, 1.807) is 17.7 Å². The Bertz CT molecular complexity index is 1880. The molecule has 14 nitrogen and oxygen atoms in total. The van der Waals surface area contributed by atoms with Crippen LogP contribution in [-0.2, 0) is 25.5 Å². The molecule has 3 aliphatic heterocycles. The fraction of sp³-hybridized carbons (Fsp3) is 0.500. The molecule has 5 heterocycles. The molecule has 3 aliphatic rings. The predicted octanol–water partition coefficient (Wildman–Crippen LogP) is 3.45. The van der Waals surface area contributed by atoms with Crippen molar-refractivity contribution in [2.24, 2.45) is 10.9 Å². The van der Waals surface area contributed by atoms with Gasteiger partial charge in [-0.25, -0.2) is 15.0 Å². The Morgan fingerprint density at radius 3 is 2.13 bits per heavy atom. The highest BCUT2D eigenvalue weighted by Crippen LogP contribution is 2.31. The zero-order valence-corrected chi connectivity index (χ0v) is 33.4. The van der Waals surface area contributed by atoms with E-state index in [0.717, 1.165) is 5.56 Å². The third-order valence-corrected chi connectivity index (χ3v) is 13.5. The number of aromatic nitrogens is 2. The molecule has 6 rings (SSSR count). The molecule has 18 heteroatoms. The molecule has 0 spiro atoms. The quantitative estimate of drug-likeness (QED) is 0.237. The van der Waals surface area contributed by atoms with Crippen LogP contribution >= 0.6 is 44.3 Å². The number of nitrogens with one attached hydrogen (secondary N) is 4. The zero-order valence-electron chi connectivity index (χ0n) is 30.1. The molecule has 2 aromatic heterocycles. The number of aliphatic hydroxyl groups excluding tert-OH is 1. The Morgan fingerprint density at radius 2 is 1.46 bits per heavy atom. The van der Waals surface area contributed by atoms with E-state index in [9.17, 15) is 29.1 Å². The van der Waals surface area contributed by atoms with Gasteiger partial charge in [0.2, 0.25) is 17.7 Å². The third kappa shape index (κ3) is 9.69. The second kappa shape index (κ2) is 17.7. The molecule has 0 saturated heterocycles. The normalized spacial score (nSPS) is 27.7. The third-order valence-electron chi connectivity index (χ3n) is 9.14. The highest BCUT2D eigenvalue weighted by molar-refractivity contribution is 8.76. The van der Waals surface area contributed by atoms with Crippen molar-refractivity contribution in [1.29, 1.82) is 0 Å². The molecular weight excluding hydrogens is 771 g/mol. The van der Waals surface area contributed by atoms with Crippen LogP contribution in [0.1, 0.15) is 89.1 Å². The second-order valence-corrected chi connectivity index (χ2v) is 18.3. The molecule has 5 N–H and O–H groups in total.